The lowest BCUT2D eigenvalue weighted by atomic mass is 10.2. The van der Waals surface area contributed by atoms with E-state index in [4.69, 9.17) is 5.26 Å². The molecule has 104 valence electrons. The number of anilines is 1. The highest BCUT2D eigenvalue weighted by molar-refractivity contribution is 7.10. The van der Waals surface area contributed by atoms with Crippen LogP contribution in [0.25, 0.3) is 5.69 Å². The van der Waals surface area contributed by atoms with Crippen LogP contribution >= 0.6 is 11.3 Å². The zero-order valence-corrected chi connectivity index (χ0v) is 12.1. The summed E-state index contributed by atoms with van der Waals surface area (Å²) in [6.07, 6.45) is 1.56. The van der Waals surface area contributed by atoms with Crippen LogP contribution in [-0.2, 0) is 6.54 Å². The summed E-state index contributed by atoms with van der Waals surface area (Å²) in [5.41, 5.74) is 3.77. The molecule has 0 aliphatic heterocycles. The van der Waals surface area contributed by atoms with Crippen molar-refractivity contribution in [2.45, 2.75) is 13.5 Å². The molecule has 1 N–H and O–H groups in total. The topological polar surface area (TPSA) is 79.4 Å². The van der Waals surface area contributed by atoms with Crippen LogP contribution in [0.4, 0.5) is 5.69 Å². The second kappa shape index (κ2) is 5.73. The maximum absolute atomic E-state index is 8.84. The molecular weight excluding hydrogens is 284 g/mol. The maximum atomic E-state index is 8.84. The first kappa shape index (κ1) is 13.3. The van der Waals surface area contributed by atoms with Crippen molar-refractivity contribution in [2.24, 2.45) is 0 Å². The summed E-state index contributed by atoms with van der Waals surface area (Å²) >= 11 is 1.58. The van der Waals surface area contributed by atoms with Gasteiger partial charge in [-0.1, -0.05) is 6.07 Å². The Hall–Kier alpha value is -2.72. The molecule has 0 fully saturated rings. The van der Waals surface area contributed by atoms with E-state index < -0.39 is 0 Å². The van der Waals surface area contributed by atoms with Gasteiger partial charge in [0.15, 0.2) is 0 Å². The first-order valence-corrected chi connectivity index (χ1v) is 7.19. The monoisotopic (exact) mass is 296 g/mol. The third kappa shape index (κ3) is 2.90. The number of rotatable bonds is 4. The second-order valence-corrected chi connectivity index (χ2v) is 5.52. The van der Waals surface area contributed by atoms with Crippen molar-refractivity contribution < 1.29 is 0 Å². The van der Waals surface area contributed by atoms with E-state index in [2.05, 4.69) is 26.9 Å². The molecule has 2 aromatic heterocycles. The molecule has 3 aromatic rings. The van der Waals surface area contributed by atoms with Crippen molar-refractivity contribution in [2.75, 3.05) is 5.32 Å². The fourth-order valence-corrected chi connectivity index (χ4v) is 2.69. The second-order valence-electron chi connectivity index (χ2n) is 4.52. The summed E-state index contributed by atoms with van der Waals surface area (Å²) in [6, 6.07) is 10.0. The molecule has 1 aromatic carbocycles. The highest BCUT2D eigenvalue weighted by Crippen LogP contribution is 2.21. The summed E-state index contributed by atoms with van der Waals surface area (Å²) in [5.74, 6) is 0. The molecule has 0 unspecified atom stereocenters. The number of thiophene rings is 1. The van der Waals surface area contributed by atoms with Gasteiger partial charge >= 0.3 is 0 Å². The number of hydrogen-bond donors (Lipinski definition) is 1. The Balaban J connectivity index is 1.78. The Kier molecular flexibility index (Phi) is 3.62. The summed E-state index contributed by atoms with van der Waals surface area (Å²) in [5, 5.41) is 25.3. The van der Waals surface area contributed by atoms with Crippen LogP contribution in [-0.4, -0.2) is 20.2 Å². The molecule has 0 aliphatic rings. The van der Waals surface area contributed by atoms with Gasteiger partial charge in [0.25, 0.3) is 0 Å². The smallest absolute Gasteiger partial charge is 0.143 e. The molecule has 0 saturated heterocycles. The summed E-state index contributed by atoms with van der Waals surface area (Å²) in [6.45, 7) is 2.73. The van der Waals surface area contributed by atoms with Gasteiger partial charge in [0.05, 0.1) is 11.3 Å². The van der Waals surface area contributed by atoms with E-state index in [0.29, 0.717) is 12.1 Å². The zero-order chi connectivity index (χ0) is 14.7. The van der Waals surface area contributed by atoms with Gasteiger partial charge in [0, 0.05) is 22.5 Å². The Morgan fingerprint density at radius 1 is 1.38 bits per heavy atom. The Morgan fingerprint density at radius 3 is 3.00 bits per heavy atom. The lowest BCUT2D eigenvalue weighted by Crippen LogP contribution is -2.02. The number of aromatic nitrogens is 4. The fraction of sp³-hybridized carbons (Fsp3) is 0.143. The van der Waals surface area contributed by atoms with Crippen LogP contribution in [0.1, 0.15) is 16.0 Å². The molecule has 0 bridgehead atoms. The van der Waals surface area contributed by atoms with Gasteiger partial charge in [-0.2, -0.15) is 5.26 Å². The van der Waals surface area contributed by atoms with E-state index in [1.54, 1.807) is 22.3 Å². The highest BCUT2D eigenvalue weighted by atomic mass is 32.1. The van der Waals surface area contributed by atoms with Crippen molar-refractivity contribution in [3.05, 3.63) is 52.0 Å². The molecule has 0 saturated carbocycles. The molecule has 0 spiro atoms. The molecule has 21 heavy (non-hydrogen) atoms. The van der Waals surface area contributed by atoms with Crippen molar-refractivity contribution in [3.63, 3.8) is 0 Å². The lowest BCUT2D eigenvalue weighted by molar-refractivity contribution is 0.789. The van der Waals surface area contributed by atoms with Gasteiger partial charge in [-0.3, -0.25) is 0 Å². The predicted octanol–water partition coefficient (Wildman–Crippen LogP) is 2.52. The average Bonchev–Trinajstić information content (AvgIpc) is 3.18. The molecule has 7 heteroatoms. The van der Waals surface area contributed by atoms with Gasteiger partial charge in [0.1, 0.15) is 12.4 Å². The molecule has 3 rings (SSSR count). The SMILES string of the molecule is Cc1ccc(-n2cnnn2)cc1NCc1cc(C#N)cs1. The van der Waals surface area contributed by atoms with E-state index in [0.717, 1.165) is 21.8 Å². The van der Waals surface area contributed by atoms with Crippen molar-refractivity contribution in [1.82, 2.24) is 20.2 Å². The van der Waals surface area contributed by atoms with Crippen LogP contribution in [0.15, 0.2) is 36.0 Å². The number of nitrogens with one attached hydrogen (secondary N) is 1. The lowest BCUT2D eigenvalue weighted by Gasteiger charge is -2.10. The molecule has 2 heterocycles. The fourth-order valence-electron chi connectivity index (χ4n) is 1.94. The van der Waals surface area contributed by atoms with Crippen LogP contribution in [0.2, 0.25) is 0 Å². The van der Waals surface area contributed by atoms with Crippen LogP contribution in [0.3, 0.4) is 0 Å². The third-order valence-electron chi connectivity index (χ3n) is 3.07. The van der Waals surface area contributed by atoms with E-state index in [1.165, 1.54) is 0 Å². The van der Waals surface area contributed by atoms with Crippen LogP contribution < -0.4 is 5.32 Å². The largest absolute Gasteiger partial charge is 0.380 e. The van der Waals surface area contributed by atoms with E-state index in [-0.39, 0.29) is 0 Å². The van der Waals surface area contributed by atoms with E-state index >= 15 is 0 Å². The minimum Gasteiger partial charge on any atom is -0.380 e. The molecule has 0 aliphatic carbocycles. The first-order valence-electron chi connectivity index (χ1n) is 6.31. The summed E-state index contributed by atoms with van der Waals surface area (Å²) in [7, 11) is 0. The van der Waals surface area contributed by atoms with E-state index in [1.807, 2.05) is 36.6 Å². The number of tetrazole rings is 1. The number of benzene rings is 1. The molecular formula is C14H12N6S. The number of hydrogen-bond acceptors (Lipinski definition) is 6. The molecule has 0 atom stereocenters. The van der Waals surface area contributed by atoms with Gasteiger partial charge < -0.3 is 5.32 Å². The van der Waals surface area contributed by atoms with Gasteiger partial charge in [-0.25, -0.2) is 4.68 Å². The summed E-state index contributed by atoms with van der Waals surface area (Å²) < 4.78 is 1.61. The van der Waals surface area contributed by atoms with Crippen LogP contribution in [0.5, 0.6) is 0 Å². The standard InChI is InChI=1S/C14H12N6S/c1-10-2-3-12(20-9-17-18-19-20)5-14(10)16-7-13-4-11(6-15)8-21-13/h2-5,8-9,16H,7H2,1H3. The maximum Gasteiger partial charge on any atom is 0.143 e. The zero-order valence-electron chi connectivity index (χ0n) is 11.3. The minimum atomic E-state index is 0.687. The highest BCUT2D eigenvalue weighted by Gasteiger charge is 2.04. The minimum absolute atomic E-state index is 0.687. The molecule has 0 amide bonds. The van der Waals surface area contributed by atoms with Crippen molar-refractivity contribution in [3.8, 4) is 11.8 Å². The number of aryl methyl sites for hydroxylation is 1. The Morgan fingerprint density at radius 2 is 2.29 bits per heavy atom. The van der Waals surface area contributed by atoms with Gasteiger partial charge in [0.2, 0.25) is 0 Å². The normalized spacial score (nSPS) is 10.3. The van der Waals surface area contributed by atoms with Crippen LogP contribution in [0, 0.1) is 18.3 Å². The Labute approximate surface area is 125 Å². The predicted molar refractivity (Wildman–Crippen MR) is 80.3 cm³/mol. The van der Waals surface area contributed by atoms with E-state index in [9.17, 15) is 0 Å². The Bertz CT molecular complexity index is 784. The van der Waals surface area contributed by atoms with Gasteiger partial charge in [-0.05, 0) is 41.1 Å². The average molecular weight is 296 g/mol. The number of nitrogens with zero attached hydrogens (tertiary/aromatic N) is 5. The first-order chi connectivity index (χ1) is 10.3. The molecule has 0 radical (unpaired) electrons. The number of nitriles is 1. The van der Waals surface area contributed by atoms with Crippen molar-refractivity contribution in [1.29, 1.82) is 5.26 Å². The third-order valence-corrected chi connectivity index (χ3v) is 4.01. The summed E-state index contributed by atoms with van der Waals surface area (Å²) in [4.78, 5) is 1.12. The van der Waals surface area contributed by atoms with Crippen molar-refractivity contribution >= 4 is 17.0 Å². The quantitative estimate of drug-likeness (QED) is 0.800. The van der Waals surface area contributed by atoms with Gasteiger partial charge in [-0.15, -0.1) is 16.4 Å². The molecule has 6 nitrogen and oxygen atoms in total.